The second kappa shape index (κ2) is 4.51. The van der Waals surface area contributed by atoms with Crippen LogP contribution in [-0.4, -0.2) is 25.6 Å². The van der Waals surface area contributed by atoms with E-state index in [4.69, 9.17) is 4.74 Å². The number of benzene rings is 1. The van der Waals surface area contributed by atoms with Crippen LogP contribution in [0.5, 0.6) is 11.5 Å². The van der Waals surface area contributed by atoms with Crippen LogP contribution >= 0.6 is 0 Å². The number of hydrogen-bond acceptors (Lipinski definition) is 3. The molecule has 0 unspecified atom stereocenters. The number of alkyl halides is 3. The number of halogens is 4. The monoisotopic (exact) mass is 291 g/mol. The third-order valence-electron chi connectivity index (χ3n) is 3.75. The lowest BCUT2D eigenvalue weighted by Crippen LogP contribution is -2.62. The van der Waals surface area contributed by atoms with E-state index in [1.807, 2.05) is 0 Å². The number of hydrogen-bond donors (Lipinski definition) is 1. The van der Waals surface area contributed by atoms with Crippen molar-refractivity contribution in [2.45, 2.75) is 25.3 Å². The average Bonchev–Trinajstić information content (AvgIpc) is 2.20. The first-order chi connectivity index (χ1) is 9.35. The van der Waals surface area contributed by atoms with E-state index in [2.05, 4.69) is 10.1 Å². The molecule has 1 aromatic carbocycles. The molecule has 7 heteroatoms. The predicted octanol–water partition coefficient (Wildman–Crippen LogP) is 2.86. The summed E-state index contributed by atoms with van der Waals surface area (Å²) in [5, 5.41) is 3.18. The van der Waals surface area contributed by atoms with Crippen LogP contribution in [0.15, 0.2) is 18.2 Å². The SMILES string of the molecule is Fc1cc(OC(F)(F)F)ccc1OC1CC2(CNC2)C1. The van der Waals surface area contributed by atoms with Gasteiger partial charge in [0.05, 0.1) is 0 Å². The Bertz CT molecular complexity index is 506. The highest BCUT2D eigenvalue weighted by Crippen LogP contribution is 2.46. The van der Waals surface area contributed by atoms with Crippen LogP contribution in [0.1, 0.15) is 12.8 Å². The lowest BCUT2D eigenvalue weighted by atomic mass is 9.63. The van der Waals surface area contributed by atoms with Crippen molar-refractivity contribution >= 4 is 0 Å². The molecule has 3 nitrogen and oxygen atoms in total. The summed E-state index contributed by atoms with van der Waals surface area (Å²) in [6, 6.07) is 2.90. The van der Waals surface area contributed by atoms with Gasteiger partial charge in [0.1, 0.15) is 11.9 Å². The molecule has 0 amide bonds. The Morgan fingerprint density at radius 1 is 1.20 bits per heavy atom. The maximum Gasteiger partial charge on any atom is 0.573 e. The second-order valence-corrected chi connectivity index (χ2v) is 5.39. The van der Waals surface area contributed by atoms with Gasteiger partial charge in [-0.15, -0.1) is 13.2 Å². The van der Waals surface area contributed by atoms with E-state index in [1.54, 1.807) is 0 Å². The van der Waals surface area contributed by atoms with Gasteiger partial charge in [0.15, 0.2) is 11.6 Å². The van der Waals surface area contributed by atoms with Crippen LogP contribution in [0.25, 0.3) is 0 Å². The van der Waals surface area contributed by atoms with Gasteiger partial charge in [0.25, 0.3) is 0 Å². The zero-order valence-corrected chi connectivity index (χ0v) is 10.5. The zero-order valence-electron chi connectivity index (χ0n) is 10.5. The fraction of sp³-hybridized carbons (Fsp3) is 0.538. The van der Waals surface area contributed by atoms with Crippen molar-refractivity contribution in [3.63, 3.8) is 0 Å². The van der Waals surface area contributed by atoms with Crippen molar-refractivity contribution in [1.29, 1.82) is 0 Å². The van der Waals surface area contributed by atoms with Gasteiger partial charge < -0.3 is 14.8 Å². The van der Waals surface area contributed by atoms with E-state index in [9.17, 15) is 17.6 Å². The Morgan fingerprint density at radius 2 is 1.90 bits per heavy atom. The molecule has 2 fully saturated rings. The minimum absolute atomic E-state index is 0.0355. The smallest absolute Gasteiger partial charge is 0.487 e. The molecule has 1 saturated heterocycles. The van der Waals surface area contributed by atoms with Gasteiger partial charge in [0, 0.05) is 24.6 Å². The third kappa shape index (κ3) is 2.67. The molecule has 1 N–H and O–H groups in total. The summed E-state index contributed by atoms with van der Waals surface area (Å²) in [6.45, 7) is 1.90. The fourth-order valence-electron chi connectivity index (χ4n) is 2.71. The van der Waals surface area contributed by atoms with E-state index < -0.39 is 17.9 Å². The lowest BCUT2D eigenvalue weighted by Gasteiger charge is -2.53. The van der Waals surface area contributed by atoms with Crippen molar-refractivity contribution in [3.8, 4) is 11.5 Å². The standard InChI is InChI=1S/C13H13F4NO2/c14-10-3-8(20-13(15,16)17)1-2-11(10)19-9-4-12(5-9)6-18-7-12/h1-3,9,18H,4-7H2. The van der Waals surface area contributed by atoms with Crippen molar-refractivity contribution in [1.82, 2.24) is 5.32 Å². The summed E-state index contributed by atoms with van der Waals surface area (Å²) in [5.41, 5.74) is 0.292. The second-order valence-electron chi connectivity index (χ2n) is 5.39. The number of rotatable bonds is 3. The summed E-state index contributed by atoms with van der Waals surface area (Å²) in [7, 11) is 0. The molecule has 1 spiro atoms. The van der Waals surface area contributed by atoms with Gasteiger partial charge in [-0.1, -0.05) is 0 Å². The summed E-state index contributed by atoms with van der Waals surface area (Å²) < 4.78 is 58.7. The first-order valence-corrected chi connectivity index (χ1v) is 6.28. The Balaban J connectivity index is 1.60. The number of nitrogens with one attached hydrogen (secondary N) is 1. The van der Waals surface area contributed by atoms with E-state index in [-0.39, 0.29) is 11.9 Å². The highest BCUT2D eigenvalue weighted by Gasteiger charge is 2.49. The van der Waals surface area contributed by atoms with E-state index in [0.717, 1.165) is 32.0 Å². The molecule has 1 aliphatic carbocycles. The molecule has 1 aliphatic heterocycles. The molecule has 1 aromatic rings. The van der Waals surface area contributed by atoms with Gasteiger partial charge in [-0.2, -0.15) is 0 Å². The lowest BCUT2D eigenvalue weighted by molar-refractivity contribution is -0.274. The molecule has 0 bridgehead atoms. The van der Waals surface area contributed by atoms with E-state index in [1.165, 1.54) is 6.07 Å². The molecular formula is C13H13F4NO2. The van der Waals surface area contributed by atoms with Gasteiger partial charge in [-0.25, -0.2) is 4.39 Å². The van der Waals surface area contributed by atoms with Crippen LogP contribution in [0, 0.1) is 11.2 Å². The van der Waals surface area contributed by atoms with Crippen LogP contribution in [0.4, 0.5) is 17.6 Å². The van der Waals surface area contributed by atoms with Crippen molar-refractivity contribution in [2.75, 3.05) is 13.1 Å². The zero-order chi connectivity index (χ0) is 14.4. The first-order valence-electron chi connectivity index (χ1n) is 6.28. The summed E-state index contributed by atoms with van der Waals surface area (Å²) in [5.74, 6) is -1.47. The maximum atomic E-state index is 13.6. The molecule has 0 aromatic heterocycles. The molecule has 0 radical (unpaired) electrons. The van der Waals surface area contributed by atoms with Gasteiger partial charge in [-0.05, 0) is 25.0 Å². The Labute approximate surface area is 112 Å². The molecule has 20 heavy (non-hydrogen) atoms. The molecule has 2 aliphatic rings. The summed E-state index contributed by atoms with van der Waals surface area (Å²) in [6.07, 6.45) is -3.20. The van der Waals surface area contributed by atoms with Crippen LogP contribution in [0.2, 0.25) is 0 Å². The van der Waals surface area contributed by atoms with Crippen LogP contribution < -0.4 is 14.8 Å². The Morgan fingerprint density at radius 3 is 2.40 bits per heavy atom. The van der Waals surface area contributed by atoms with Crippen molar-refractivity contribution in [2.24, 2.45) is 5.41 Å². The normalized spacial score (nSPS) is 21.2. The van der Waals surface area contributed by atoms with Crippen LogP contribution in [-0.2, 0) is 0 Å². The minimum Gasteiger partial charge on any atom is -0.487 e. The third-order valence-corrected chi connectivity index (χ3v) is 3.75. The Kier molecular flexibility index (Phi) is 3.04. The highest BCUT2D eigenvalue weighted by molar-refractivity contribution is 5.33. The minimum atomic E-state index is -4.83. The van der Waals surface area contributed by atoms with E-state index >= 15 is 0 Å². The first kappa shape index (κ1) is 13.5. The highest BCUT2D eigenvalue weighted by atomic mass is 19.4. The molecular weight excluding hydrogens is 278 g/mol. The molecule has 1 heterocycles. The predicted molar refractivity (Wildman–Crippen MR) is 62.0 cm³/mol. The Hall–Kier alpha value is -1.50. The van der Waals surface area contributed by atoms with Gasteiger partial charge >= 0.3 is 6.36 Å². The average molecular weight is 291 g/mol. The van der Waals surface area contributed by atoms with Gasteiger partial charge in [-0.3, -0.25) is 0 Å². The molecule has 3 rings (SSSR count). The quantitative estimate of drug-likeness (QED) is 0.869. The largest absolute Gasteiger partial charge is 0.573 e. The topological polar surface area (TPSA) is 30.5 Å². The maximum absolute atomic E-state index is 13.6. The van der Waals surface area contributed by atoms with Gasteiger partial charge in [0.2, 0.25) is 0 Å². The summed E-state index contributed by atoms with van der Waals surface area (Å²) >= 11 is 0. The summed E-state index contributed by atoms with van der Waals surface area (Å²) in [4.78, 5) is 0. The molecule has 1 saturated carbocycles. The molecule has 110 valence electrons. The fourth-order valence-corrected chi connectivity index (χ4v) is 2.71. The van der Waals surface area contributed by atoms with Crippen molar-refractivity contribution in [3.05, 3.63) is 24.0 Å². The number of ether oxygens (including phenoxy) is 2. The van der Waals surface area contributed by atoms with Crippen molar-refractivity contribution < 1.29 is 27.0 Å². The van der Waals surface area contributed by atoms with E-state index in [0.29, 0.717) is 11.5 Å². The van der Waals surface area contributed by atoms with Crippen LogP contribution in [0.3, 0.4) is 0 Å². The molecule has 0 atom stereocenters.